The maximum absolute atomic E-state index is 12.2. The molecule has 1 fully saturated rings. The number of piperazine rings is 1. The number of nitrogens with one attached hydrogen (secondary N) is 1. The molecule has 1 heterocycles. The molecule has 0 aromatic carbocycles. The van der Waals surface area contributed by atoms with Crippen LogP contribution in [-0.4, -0.2) is 36.0 Å². The van der Waals surface area contributed by atoms with Gasteiger partial charge in [0, 0.05) is 31.6 Å². The van der Waals surface area contributed by atoms with Gasteiger partial charge in [0.1, 0.15) is 0 Å². The summed E-state index contributed by atoms with van der Waals surface area (Å²) in [5, 5.41) is 3.53. The van der Waals surface area contributed by atoms with Gasteiger partial charge in [-0.2, -0.15) is 0 Å². The first-order chi connectivity index (χ1) is 8.08. The third kappa shape index (κ3) is 4.30. The normalized spacial score (nSPS) is 25.4. The number of hydrogen-bond donors (Lipinski definition) is 1. The van der Waals surface area contributed by atoms with Gasteiger partial charge in [-0.25, -0.2) is 0 Å². The van der Waals surface area contributed by atoms with E-state index in [1.54, 1.807) is 0 Å². The summed E-state index contributed by atoms with van der Waals surface area (Å²) in [4.78, 5) is 14.3. The summed E-state index contributed by atoms with van der Waals surface area (Å²) in [6.07, 6.45) is 3.88. The highest BCUT2D eigenvalue weighted by molar-refractivity contribution is 5.76. The van der Waals surface area contributed by atoms with Gasteiger partial charge in [-0.3, -0.25) is 4.79 Å². The van der Waals surface area contributed by atoms with Crippen LogP contribution in [0.3, 0.4) is 0 Å². The Bertz CT molecular complexity index is 240. The monoisotopic (exact) mass is 240 g/mol. The molecule has 3 heteroatoms. The maximum atomic E-state index is 12.2. The Labute approximate surface area is 106 Å². The van der Waals surface area contributed by atoms with E-state index in [9.17, 15) is 4.79 Å². The Balaban J connectivity index is 2.53. The molecule has 0 bridgehead atoms. The Hall–Kier alpha value is -0.570. The van der Waals surface area contributed by atoms with E-state index in [2.05, 4.69) is 37.9 Å². The second-order valence-corrected chi connectivity index (χ2v) is 5.55. The van der Waals surface area contributed by atoms with Crippen molar-refractivity contribution in [3.8, 4) is 0 Å². The van der Waals surface area contributed by atoms with Crippen molar-refractivity contribution in [3.63, 3.8) is 0 Å². The standard InChI is InChI=1S/C14H28N2O/c1-5-12-10-16(13(6-2)9-15-12)14(17)8-7-11(3)4/h11-13,15H,5-10H2,1-4H3. The van der Waals surface area contributed by atoms with Crippen molar-refractivity contribution in [2.24, 2.45) is 5.92 Å². The van der Waals surface area contributed by atoms with Crippen LogP contribution in [0.5, 0.6) is 0 Å². The van der Waals surface area contributed by atoms with Crippen LogP contribution in [0.2, 0.25) is 0 Å². The fourth-order valence-electron chi connectivity index (χ4n) is 2.36. The molecule has 1 amide bonds. The van der Waals surface area contributed by atoms with Crippen LogP contribution < -0.4 is 5.32 Å². The average molecular weight is 240 g/mol. The fraction of sp³-hybridized carbons (Fsp3) is 0.929. The smallest absolute Gasteiger partial charge is 0.222 e. The molecule has 0 aromatic heterocycles. The van der Waals surface area contributed by atoms with Gasteiger partial charge in [-0.05, 0) is 25.2 Å². The molecule has 0 radical (unpaired) electrons. The molecule has 1 N–H and O–H groups in total. The second-order valence-electron chi connectivity index (χ2n) is 5.55. The van der Waals surface area contributed by atoms with Crippen LogP contribution in [-0.2, 0) is 4.79 Å². The van der Waals surface area contributed by atoms with Gasteiger partial charge in [-0.15, -0.1) is 0 Å². The lowest BCUT2D eigenvalue weighted by atomic mass is 10.0. The lowest BCUT2D eigenvalue weighted by molar-refractivity contribution is -0.135. The van der Waals surface area contributed by atoms with Crippen molar-refractivity contribution in [1.82, 2.24) is 10.2 Å². The molecule has 1 aliphatic heterocycles. The quantitative estimate of drug-likeness (QED) is 0.800. The van der Waals surface area contributed by atoms with Gasteiger partial charge in [0.05, 0.1) is 0 Å². The summed E-state index contributed by atoms with van der Waals surface area (Å²) in [5.74, 6) is 0.967. The summed E-state index contributed by atoms with van der Waals surface area (Å²) in [7, 11) is 0. The summed E-state index contributed by atoms with van der Waals surface area (Å²) >= 11 is 0. The Morgan fingerprint density at radius 3 is 2.59 bits per heavy atom. The van der Waals surface area contributed by atoms with E-state index < -0.39 is 0 Å². The minimum absolute atomic E-state index is 0.352. The molecule has 2 unspecified atom stereocenters. The SMILES string of the molecule is CCC1CN(C(=O)CCC(C)C)C(CC)CN1. The van der Waals surface area contributed by atoms with E-state index in [0.29, 0.717) is 30.3 Å². The van der Waals surface area contributed by atoms with Gasteiger partial charge >= 0.3 is 0 Å². The van der Waals surface area contributed by atoms with Gasteiger partial charge < -0.3 is 10.2 Å². The molecule has 1 rings (SSSR count). The van der Waals surface area contributed by atoms with Gasteiger partial charge in [0.15, 0.2) is 0 Å². The van der Waals surface area contributed by atoms with Crippen LogP contribution in [0.15, 0.2) is 0 Å². The van der Waals surface area contributed by atoms with Crippen molar-refractivity contribution < 1.29 is 4.79 Å². The number of nitrogens with zero attached hydrogens (tertiary/aromatic N) is 1. The molecule has 0 spiro atoms. The van der Waals surface area contributed by atoms with Crippen molar-refractivity contribution >= 4 is 5.91 Å². The third-order valence-corrected chi connectivity index (χ3v) is 3.72. The van der Waals surface area contributed by atoms with Crippen molar-refractivity contribution in [2.45, 2.75) is 65.5 Å². The van der Waals surface area contributed by atoms with Gasteiger partial charge in [0.25, 0.3) is 0 Å². The molecule has 0 saturated carbocycles. The first-order valence-corrected chi connectivity index (χ1v) is 7.11. The highest BCUT2D eigenvalue weighted by Crippen LogP contribution is 2.15. The molecular weight excluding hydrogens is 212 g/mol. The van der Waals surface area contributed by atoms with Crippen LogP contribution >= 0.6 is 0 Å². The van der Waals surface area contributed by atoms with Gasteiger partial charge in [0.2, 0.25) is 5.91 Å². The van der Waals surface area contributed by atoms with E-state index in [1.807, 2.05) is 0 Å². The molecule has 3 nitrogen and oxygen atoms in total. The maximum Gasteiger partial charge on any atom is 0.222 e. The summed E-state index contributed by atoms with van der Waals surface area (Å²) in [6, 6.07) is 0.887. The minimum atomic E-state index is 0.352. The number of carbonyl (C=O) groups excluding carboxylic acids is 1. The van der Waals surface area contributed by atoms with E-state index in [0.717, 1.165) is 32.4 Å². The molecule has 100 valence electrons. The topological polar surface area (TPSA) is 32.3 Å². The van der Waals surface area contributed by atoms with Crippen molar-refractivity contribution in [2.75, 3.05) is 13.1 Å². The van der Waals surface area contributed by atoms with E-state index in [1.165, 1.54) is 0 Å². The van der Waals surface area contributed by atoms with Crippen LogP contribution in [0.1, 0.15) is 53.4 Å². The zero-order chi connectivity index (χ0) is 12.8. The molecule has 0 aromatic rings. The predicted octanol–water partition coefficient (Wildman–Crippen LogP) is 2.41. The predicted molar refractivity (Wildman–Crippen MR) is 71.9 cm³/mol. The Morgan fingerprint density at radius 1 is 1.35 bits per heavy atom. The van der Waals surface area contributed by atoms with Gasteiger partial charge in [-0.1, -0.05) is 27.7 Å². The molecule has 2 atom stereocenters. The molecule has 0 aliphatic carbocycles. The fourth-order valence-corrected chi connectivity index (χ4v) is 2.36. The first-order valence-electron chi connectivity index (χ1n) is 7.11. The zero-order valence-electron chi connectivity index (χ0n) is 11.8. The van der Waals surface area contributed by atoms with E-state index in [-0.39, 0.29) is 0 Å². The highest BCUT2D eigenvalue weighted by Gasteiger charge is 2.28. The largest absolute Gasteiger partial charge is 0.337 e. The Kier molecular flexibility index (Phi) is 5.96. The van der Waals surface area contributed by atoms with Crippen LogP contribution in [0, 0.1) is 5.92 Å². The summed E-state index contributed by atoms with van der Waals surface area (Å²) < 4.78 is 0. The molecular formula is C14H28N2O. The number of carbonyl (C=O) groups is 1. The first kappa shape index (κ1) is 14.5. The molecule has 1 aliphatic rings. The zero-order valence-corrected chi connectivity index (χ0v) is 11.8. The lowest BCUT2D eigenvalue weighted by Crippen LogP contribution is -2.57. The summed E-state index contributed by atoms with van der Waals surface area (Å²) in [6.45, 7) is 10.6. The molecule has 17 heavy (non-hydrogen) atoms. The number of amides is 1. The average Bonchev–Trinajstić information content (AvgIpc) is 2.34. The Morgan fingerprint density at radius 2 is 2.06 bits per heavy atom. The van der Waals surface area contributed by atoms with Crippen LogP contribution in [0.4, 0.5) is 0 Å². The summed E-state index contributed by atoms with van der Waals surface area (Å²) in [5.41, 5.74) is 0. The van der Waals surface area contributed by atoms with Crippen molar-refractivity contribution in [1.29, 1.82) is 0 Å². The number of hydrogen-bond acceptors (Lipinski definition) is 2. The third-order valence-electron chi connectivity index (χ3n) is 3.72. The van der Waals surface area contributed by atoms with Crippen LogP contribution in [0.25, 0.3) is 0 Å². The lowest BCUT2D eigenvalue weighted by Gasteiger charge is -2.40. The second kappa shape index (κ2) is 7.00. The van der Waals surface area contributed by atoms with Crippen molar-refractivity contribution in [3.05, 3.63) is 0 Å². The number of rotatable bonds is 5. The minimum Gasteiger partial charge on any atom is -0.337 e. The molecule has 1 saturated heterocycles. The van der Waals surface area contributed by atoms with E-state index in [4.69, 9.17) is 0 Å². The highest BCUT2D eigenvalue weighted by atomic mass is 16.2. The van der Waals surface area contributed by atoms with E-state index >= 15 is 0 Å².